The predicted octanol–water partition coefficient (Wildman–Crippen LogP) is 5.85. The highest BCUT2D eigenvalue weighted by Crippen LogP contribution is 2.41. The van der Waals surface area contributed by atoms with Crippen molar-refractivity contribution in [3.05, 3.63) is 59.7 Å². The second-order valence-corrected chi connectivity index (χ2v) is 6.44. The number of hydrogen-bond acceptors (Lipinski definition) is 1. The summed E-state index contributed by atoms with van der Waals surface area (Å²) in [7, 11) is 0. The van der Waals surface area contributed by atoms with E-state index in [2.05, 4.69) is 63.8 Å². The van der Waals surface area contributed by atoms with E-state index in [1.165, 1.54) is 23.1 Å². The van der Waals surface area contributed by atoms with Crippen molar-refractivity contribution in [2.75, 3.05) is 0 Å². The summed E-state index contributed by atoms with van der Waals surface area (Å²) >= 11 is 0. The Morgan fingerprint density at radius 3 is 2.62 bits per heavy atom. The van der Waals surface area contributed by atoms with Gasteiger partial charge in [0.25, 0.3) is 0 Å². The summed E-state index contributed by atoms with van der Waals surface area (Å²) in [6.45, 7) is 10.9. The van der Waals surface area contributed by atoms with Crippen LogP contribution in [0.25, 0.3) is 0 Å². The Balaban J connectivity index is 2.08. The summed E-state index contributed by atoms with van der Waals surface area (Å²) in [6, 6.07) is 10.6. The third-order valence-electron chi connectivity index (χ3n) is 4.30. The lowest BCUT2D eigenvalue weighted by Gasteiger charge is -2.37. The first-order valence-corrected chi connectivity index (χ1v) is 8.09. The van der Waals surface area contributed by atoms with E-state index in [1.807, 2.05) is 0 Å². The number of hydrogen-bond donors (Lipinski definition) is 0. The molecule has 0 aromatic heterocycles. The predicted molar refractivity (Wildman–Crippen MR) is 90.3 cm³/mol. The van der Waals surface area contributed by atoms with Crippen molar-refractivity contribution in [1.29, 1.82) is 0 Å². The Kier molecular flexibility index (Phi) is 5.81. The summed E-state index contributed by atoms with van der Waals surface area (Å²) in [4.78, 5) is 0. The lowest BCUT2D eigenvalue weighted by molar-refractivity contribution is -0.0679. The maximum atomic E-state index is 6.26. The monoisotopic (exact) mass is 284 g/mol. The van der Waals surface area contributed by atoms with E-state index < -0.39 is 0 Å². The Morgan fingerprint density at radius 2 is 1.95 bits per heavy atom. The van der Waals surface area contributed by atoms with E-state index in [1.54, 1.807) is 0 Å². The zero-order chi connectivity index (χ0) is 15.2. The minimum Gasteiger partial charge on any atom is -0.370 e. The minimum atomic E-state index is 0.175. The third kappa shape index (κ3) is 4.57. The van der Waals surface area contributed by atoms with Crippen molar-refractivity contribution < 1.29 is 4.74 Å². The van der Waals surface area contributed by atoms with Gasteiger partial charge in [0.2, 0.25) is 0 Å². The van der Waals surface area contributed by atoms with Gasteiger partial charge in [0, 0.05) is 5.92 Å². The van der Waals surface area contributed by atoms with Gasteiger partial charge in [-0.15, -0.1) is 0 Å². The van der Waals surface area contributed by atoms with Gasteiger partial charge >= 0.3 is 0 Å². The quantitative estimate of drug-likeness (QED) is 0.617. The maximum absolute atomic E-state index is 6.26. The first-order valence-electron chi connectivity index (χ1n) is 8.09. The molecule has 1 aromatic carbocycles. The Labute approximate surface area is 129 Å². The standard InChI is InChI=1S/C20H28O/c1-15(2)9-8-10-16(3)19-14-13-17(4)21-20(19)18-11-6-5-7-12-18/h5-7,9,11-12,17,19-20H,3,8,10,13-14H2,1-2,4H3/t17-,19-,20-/m0/s1. The highest BCUT2D eigenvalue weighted by atomic mass is 16.5. The number of rotatable bonds is 5. The van der Waals surface area contributed by atoms with E-state index in [9.17, 15) is 0 Å². The molecule has 1 aromatic rings. The van der Waals surface area contributed by atoms with Crippen LogP contribution in [0.1, 0.15) is 58.1 Å². The number of benzene rings is 1. The topological polar surface area (TPSA) is 9.23 Å². The van der Waals surface area contributed by atoms with E-state index in [0.717, 1.165) is 19.3 Å². The van der Waals surface area contributed by atoms with Gasteiger partial charge in [0.1, 0.15) is 0 Å². The van der Waals surface area contributed by atoms with Gasteiger partial charge in [-0.05, 0) is 52.0 Å². The summed E-state index contributed by atoms with van der Waals surface area (Å²) in [6.07, 6.45) is 7.30. The molecule has 0 N–H and O–H groups in total. The van der Waals surface area contributed by atoms with Crippen LogP contribution in [-0.2, 0) is 4.74 Å². The average Bonchev–Trinajstić information content (AvgIpc) is 2.47. The molecular formula is C20H28O. The fourth-order valence-electron chi connectivity index (χ4n) is 3.08. The molecule has 0 saturated carbocycles. The van der Waals surface area contributed by atoms with Crippen LogP contribution in [0, 0.1) is 5.92 Å². The lowest BCUT2D eigenvalue weighted by Crippen LogP contribution is -2.28. The van der Waals surface area contributed by atoms with Crippen molar-refractivity contribution in [3.63, 3.8) is 0 Å². The van der Waals surface area contributed by atoms with Crippen LogP contribution in [0.3, 0.4) is 0 Å². The van der Waals surface area contributed by atoms with Gasteiger partial charge in [-0.3, -0.25) is 0 Å². The van der Waals surface area contributed by atoms with Gasteiger partial charge in [0.15, 0.2) is 0 Å². The van der Waals surface area contributed by atoms with Crippen LogP contribution < -0.4 is 0 Å². The van der Waals surface area contributed by atoms with Gasteiger partial charge < -0.3 is 4.74 Å². The molecule has 114 valence electrons. The molecule has 0 spiro atoms. The second-order valence-electron chi connectivity index (χ2n) is 6.44. The minimum absolute atomic E-state index is 0.175. The van der Waals surface area contributed by atoms with Gasteiger partial charge in [-0.25, -0.2) is 0 Å². The second kappa shape index (κ2) is 7.61. The van der Waals surface area contributed by atoms with Crippen LogP contribution in [0.15, 0.2) is 54.1 Å². The highest BCUT2D eigenvalue weighted by Gasteiger charge is 2.31. The molecular weight excluding hydrogens is 256 g/mol. The highest BCUT2D eigenvalue weighted by molar-refractivity contribution is 5.22. The van der Waals surface area contributed by atoms with Crippen molar-refractivity contribution in [2.45, 2.75) is 58.7 Å². The summed E-state index contributed by atoms with van der Waals surface area (Å²) in [5.41, 5.74) is 4.02. The Bertz CT molecular complexity index is 482. The van der Waals surface area contributed by atoms with E-state index >= 15 is 0 Å². The fourth-order valence-corrected chi connectivity index (χ4v) is 3.08. The van der Waals surface area contributed by atoms with Crippen LogP contribution in [-0.4, -0.2) is 6.10 Å². The van der Waals surface area contributed by atoms with Crippen LogP contribution in [0.4, 0.5) is 0 Å². The molecule has 1 nitrogen and oxygen atoms in total. The SMILES string of the molecule is C=C(CCC=C(C)C)[C@@H]1CC[C@H](C)O[C@H]1c1ccccc1. The lowest BCUT2D eigenvalue weighted by atomic mass is 9.81. The molecule has 3 atom stereocenters. The van der Waals surface area contributed by atoms with Crippen LogP contribution in [0.5, 0.6) is 0 Å². The van der Waals surface area contributed by atoms with Gasteiger partial charge in [0.05, 0.1) is 12.2 Å². The first kappa shape index (κ1) is 16.0. The van der Waals surface area contributed by atoms with Gasteiger partial charge in [-0.2, -0.15) is 0 Å². The molecule has 1 saturated heterocycles. The van der Waals surface area contributed by atoms with E-state index in [0.29, 0.717) is 12.0 Å². The van der Waals surface area contributed by atoms with Gasteiger partial charge in [-0.1, -0.05) is 54.1 Å². The Morgan fingerprint density at radius 1 is 1.24 bits per heavy atom. The molecule has 1 aliphatic rings. The van der Waals surface area contributed by atoms with Crippen molar-refractivity contribution in [2.24, 2.45) is 5.92 Å². The van der Waals surface area contributed by atoms with Crippen molar-refractivity contribution in [3.8, 4) is 0 Å². The number of allylic oxidation sites excluding steroid dienone is 2. The molecule has 0 unspecified atom stereocenters. The van der Waals surface area contributed by atoms with E-state index in [4.69, 9.17) is 4.74 Å². The van der Waals surface area contributed by atoms with Crippen LogP contribution in [0.2, 0.25) is 0 Å². The van der Waals surface area contributed by atoms with E-state index in [-0.39, 0.29) is 6.10 Å². The van der Waals surface area contributed by atoms with Crippen LogP contribution >= 0.6 is 0 Å². The summed E-state index contributed by atoms with van der Waals surface area (Å²) in [5, 5.41) is 0. The molecule has 21 heavy (non-hydrogen) atoms. The molecule has 0 aliphatic carbocycles. The molecule has 1 aliphatic heterocycles. The molecule has 1 heterocycles. The zero-order valence-corrected chi connectivity index (χ0v) is 13.6. The largest absolute Gasteiger partial charge is 0.370 e. The molecule has 0 radical (unpaired) electrons. The average molecular weight is 284 g/mol. The molecule has 1 heteroatoms. The normalized spacial score (nSPS) is 25.4. The molecule has 0 amide bonds. The van der Waals surface area contributed by atoms with Crippen molar-refractivity contribution in [1.82, 2.24) is 0 Å². The smallest absolute Gasteiger partial charge is 0.0893 e. The first-order chi connectivity index (χ1) is 10.1. The molecule has 2 rings (SSSR count). The molecule has 1 fully saturated rings. The maximum Gasteiger partial charge on any atom is 0.0893 e. The molecule has 0 bridgehead atoms. The van der Waals surface area contributed by atoms with Crippen molar-refractivity contribution >= 4 is 0 Å². The third-order valence-corrected chi connectivity index (χ3v) is 4.30. The fraction of sp³-hybridized carbons (Fsp3) is 0.500. The number of ether oxygens (including phenoxy) is 1. The Hall–Kier alpha value is -1.34. The zero-order valence-electron chi connectivity index (χ0n) is 13.6. The summed E-state index contributed by atoms with van der Waals surface area (Å²) < 4.78 is 6.26. The summed E-state index contributed by atoms with van der Waals surface area (Å²) in [5.74, 6) is 0.453.